The van der Waals surface area contributed by atoms with Crippen LogP contribution in [-0.4, -0.2) is 22.6 Å². The maximum absolute atomic E-state index is 5.85. The van der Waals surface area contributed by atoms with Gasteiger partial charge in [0.25, 0.3) is 0 Å². The Hall–Kier alpha value is -1.16. The predicted octanol–water partition coefficient (Wildman–Crippen LogP) is 2.53. The Labute approximate surface area is 109 Å². The lowest BCUT2D eigenvalue weighted by atomic mass is 9.84. The van der Waals surface area contributed by atoms with Gasteiger partial charge in [0.1, 0.15) is 12.1 Å². The summed E-state index contributed by atoms with van der Waals surface area (Å²) < 4.78 is 0. The third kappa shape index (κ3) is 3.19. The summed E-state index contributed by atoms with van der Waals surface area (Å²) >= 11 is 0. The van der Waals surface area contributed by atoms with Crippen molar-refractivity contribution in [2.24, 2.45) is 11.7 Å². The van der Waals surface area contributed by atoms with Crippen LogP contribution >= 0.6 is 0 Å². The molecule has 0 aromatic carbocycles. The Bertz CT molecular complexity index is 378. The third-order valence-electron chi connectivity index (χ3n) is 3.82. The zero-order valence-corrected chi connectivity index (χ0v) is 11.4. The fourth-order valence-electron chi connectivity index (χ4n) is 2.64. The number of nitrogens with zero attached hydrogens (tertiary/aromatic N) is 2. The van der Waals surface area contributed by atoms with Crippen molar-refractivity contribution in [3.63, 3.8) is 0 Å². The minimum Gasteiger partial charge on any atom is -0.367 e. The lowest BCUT2D eigenvalue weighted by molar-refractivity contribution is 0.332. The van der Waals surface area contributed by atoms with Gasteiger partial charge >= 0.3 is 0 Å². The van der Waals surface area contributed by atoms with Crippen molar-refractivity contribution in [1.82, 2.24) is 9.97 Å². The Morgan fingerprint density at radius 1 is 1.33 bits per heavy atom. The van der Waals surface area contributed by atoms with Gasteiger partial charge < -0.3 is 11.1 Å². The molecule has 100 valence electrons. The van der Waals surface area contributed by atoms with Crippen LogP contribution in [-0.2, 0) is 0 Å². The summed E-state index contributed by atoms with van der Waals surface area (Å²) in [6.07, 6.45) is 6.68. The van der Waals surface area contributed by atoms with E-state index in [1.54, 1.807) is 6.33 Å². The second-order valence-corrected chi connectivity index (χ2v) is 5.51. The molecule has 0 amide bonds. The SMILES string of the molecule is CC(C)c1cc(NC2CCCCC2CN)ncn1. The van der Waals surface area contributed by atoms with E-state index in [0.29, 0.717) is 17.9 Å². The van der Waals surface area contributed by atoms with Gasteiger partial charge in [-0.05, 0) is 31.2 Å². The van der Waals surface area contributed by atoms with Gasteiger partial charge in [-0.15, -0.1) is 0 Å². The predicted molar refractivity (Wildman–Crippen MR) is 74.5 cm³/mol. The first-order chi connectivity index (χ1) is 8.70. The van der Waals surface area contributed by atoms with Crippen molar-refractivity contribution < 1.29 is 0 Å². The Balaban J connectivity index is 2.05. The molecule has 2 unspecified atom stereocenters. The number of hydrogen-bond acceptors (Lipinski definition) is 4. The topological polar surface area (TPSA) is 63.8 Å². The van der Waals surface area contributed by atoms with Gasteiger partial charge in [0.2, 0.25) is 0 Å². The highest BCUT2D eigenvalue weighted by molar-refractivity contribution is 5.37. The van der Waals surface area contributed by atoms with Gasteiger partial charge in [-0.1, -0.05) is 26.7 Å². The van der Waals surface area contributed by atoms with Gasteiger partial charge in [0.05, 0.1) is 0 Å². The van der Waals surface area contributed by atoms with E-state index < -0.39 is 0 Å². The van der Waals surface area contributed by atoms with Crippen molar-refractivity contribution in [2.45, 2.75) is 51.5 Å². The van der Waals surface area contributed by atoms with E-state index in [1.807, 2.05) is 0 Å². The highest BCUT2D eigenvalue weighted by atomic mass is 15.0. The maximum atomic E-state index is 5.85. The number of nitrogens with one attached hydrogen (secondary N) is 1. The van der Waals surface area contributed by atoms with Crippen LogP contribution in [0.2, 0.25) is 0 Å². The van der Waals surface area contributed by atoms with E-state index in [2.05, 4.69) is 35.2 Å². The minimum atomic E-state index is 0.435. The van der Waals surface area contributed by atoms with Crippen LogP contribution in [0.5, 0.6) is 0 Å². The number of hydrogen-bond donors (Lipinski definition) is 2. The average molecular weight is 248 g/mol. The lowest BCUT2D eigenvalue weighted by Gasteiger charge is -2.31. The van der Waals surface area contributed by atoms with E-state index >= 15 is 0 Å². The quantitative estimate of drug-likeness (QED) is 0.859. The summed E-state index contributed by atoms with van der Waals surface area (Å²) in [6.45, 7) is 5.06. The van der Waals surface area contributed by atoms with Crippen LogP contribution in [0.25, 0.3) is 0 Å². The molecule has 2 rings (SSSR count). The van der Waals surface area contributed by atoms with Crippen molar-refractivity contribution in [2.75, 3.05) is 11.9 Å². The molecule has 0 radical (unpaired) electrons. The number of nitrogens with two attached hydrogens (primary N) is 1. The molecule has 4 nitrogen and oxygen atoms in total. The lowest BCUT2D eigenvalue weighted by Crippen LogP contribution is -2.37. The Morgan fingerprint density at radius 3 is 2.83 bits per heavy atom. The third-order valence-corrected chi connectivity index (χ3v) is 3.82. The summed E-state index contributed by atoms with van der Waals surface area (Å²) in [6, 6.07) is 2.53. The Kier molecular flexibility index (Phi) is 4.53. The molecular formula is C14H24N4. The fourth-order valence-corrected chi connectivity index (χ4v) is 2.64. The van der Waals surface area contributed by atoms with Crippen LogP contribution in [0.3, 0.4) is 0 Å². The van der Waals surface area contributed by atoms with Gasteiger partial charge in [-0.2, -0.15) is 0 Å². The van der Waals surface area contributed by atoms with E-state index in [4.69, 9.17) is 5.73 Å². The van der Waals surface area contributed by atoms with E-state index in [9.17, 15) is 0 Å². The Morgan fingerprint density at radius 2 is 2.11 bits per heavy atom. The minimum absolute atomic E-state index is 0.435. The average Bonchev–Trinajstić information content (AvgIpc) is 2.39. The van der Waals surface area contributed by atoms with Crippen molar-refractivity contribution in [3.8, 4) is 0 Å². The summed E-state index contributed by atoms with van der Waals surface area (Å²) in [7, 11) is 0. The summed E-state index contributed by atoms with van der Waals surface area (Å²) in [4.78, 5) is 8.62. The van der Waals surface area contributed by atoms with E-state index in [1.165, 1.54) is 25.7 Å². The second kappa shape index (κ2) is 6.14. The van der Waals surface area contributed by atoms with Crippen molar-refractivity contribution >= 4 is 5.82 Å². The molecule has 2 atom stereocenters. The molecular weight excluding hydrogens is 224 g/mol. The van der Waals surface area contributed by atoms with Crippen LogP contribution in [0.15, 0.2) is 12.4 Å². The molecule has 4 heteroatoms. The molecule has 1 heterocycles. The summed E-state index contributed by atoms with van der Waals surface area (Å²) in [5.41, 5.74) is 6.94. The molecule has 1 fully saturated rings. The van der Waals surface area contributed by atoms with Crippen molar-refractivity contribution in [3.05, 3.63) is 18.1 Å². The van der Waals surface area contributed by atoms with Crippen LogP contribution in [0.1, 0.15) is 51.1 Å². The molecule has 3 N–H and O–H groups in total. The van der Waals surface area contributed by atoms with Crippen LogP contribution < -0.4 is 11.1 Å². The van der Waals surface area contributed by atoms with Gasteiger partial charge in [0.15, 0.2) is 0 Å². The zero-order chi connectivity index (χ0) is 13.0. The molecule has 0 aliphatic heterocycles. The zero-order valence-electron chi connectivity index (χ0n) is 11.4. The number of rotatable bonds is 4. The van der Waals surface area contributed by atoms with Crippen molar-refractivity contribution in [1.29, 1.82) is 0 Å². The molecule has 1 aromatic rings. The molecule has 0 bridgehead atoms. The first-order valence-electron chi connectivity index (χ1n) is 6.99. The smallest absolute Gasteiger partial charge is 0.129 e. The second-order valence-electron chi connectivity index (χ2n) is 5.51. The number of aromatic nitrogens is 2. The summed E-state index contributed by atoms with van der Waals surface area (Å²) in [5.74, 6) is 1.96. The van der Waals surface area contributed by atoms with Gasteiger partial charge in [-0.25, -0.2) is 9.97 Å². The molecule has 1 aromatic heterocycles. The standard InChI is InChI=1S/C14H24N4/c1-10(2)13-7-14(17-9-16-13)18-12-6-4-3-5-11(12)8-15/h7,9-12H,3-6,8,15H2,1-2H3,(H,16,17,18). The van der Waals surface area contributed by atoms with Crippen LogP contribution in [0, 0.1) is 5.92 Å². The first-order valence-corrected chi connectivity index (χ1v) is 6.99. The molecule has 1 aliphatic carbocycles. The largest absolute Gasteiger partial charge is 0.367 e. The molecule has 1 aliphatic rings. The highest BCUT2D eigenvalue weighted by Crippen LogP contribution is 2.26. The normalized spacial score (nSPS) is 24.2. The number of anilines is 1. The molecule has 1 saturated carbocycles. The first kappa shape index (κ1) is 13.3. The monoisotopic (exact) mass is 248 g/mol. The molecule has 0 spiro atoms. The molecule has 0 saturated heterocycles. The van der Waals surface area contributed by atoms with Gasteiger partial charge in [0, 0.05) is 17.8 Å². The van der Waals surface area contributed by atoms with Gasteiger partial charge in [-0.3, -0.25) is 0 Å². The fraction of sp³-hybridized carbons (Fsp3) is 0.714. The van der Waals surface area contributed by atoms with E-state index in [-0.39, 0.29) is 0 Å². The summed E-state index contributed by atoms with van der Waals surface area (Å²) in [5, 5.41) is 3.55. The highest BCUT2D eigenvalue weighted by Gasteiger charge is 2.24. The maximum Gasteiger partial charge on any atom is 0.129 e. The van der Waals surface area contributed by atoms with E-state index in [0.717, 1.165) is 18.1 Å². The molecule has 18 heavy (non-hydrogen) atoms. The van der Waals surface area contributed by atoms with Crippen LogP contribution in [0.4, 0.5) is 5.82 Å².